The molecule has 34 heavy (non-hydrogen) atoms. The van der Waals surface area contributed by atoms with Crippen molar-refractivity contribution in [2.45, 2.75) is 50.4 Å². The van der Waals surface area contributed by atoms with Crippen molar-refractivity contribution in [3.05, 3.63) is 50.2 Å². The number of nitrogens with zero attached hydrogens (tertiary/aromatic N) is 3. The highest BCUT2D eigenvalue weighted by Crippen LogP contribution is 2.50. The maximum absolute atomic E-state index is 14.3. The van der Waals surface area contributed by atoms with E-state index in [4.69, 9.17) is 34.8 Å². The van der Waals surface area contributed by atoms with E-state index in [1.165, 1.54) is 0 Å². The molecule has 1 fully saturated rings. The summed E-state index contributed by atoms with van der Waals surface area (Å²) < 4.78 is 83.8. The molecule has 13 heteroatoms. The summed E-state index contributed by atoms with van der Waals surface area (Å²) in [5.41, 5.74) is -4.30. The number of halogens is 9. The summed E-state index contributed by atoms with van der Waals surface area (Å²) in [7, 11) is 0. The van der Waals surface area contributed by atoms with Crippen LogP contribution >= 0.6 is 34.8 Å². The molecule has 3 rings (SSSR count). The van der Waals surface area contributed by atoms with Gasteiger partial charge < -0.3 is 4.90 Å². The molecule has 0 saturated carbocycles. The molecule has 1 aliphatic heterocycles. The number of aryl methyl sites for hydroxylation is 1. The van der Waals surface area contributed by atoms with Gasteiger partial charge in [0, 0.05) is 37.7 Å². The van der Waals surface area contributed by atoms with Crippen molar-refractivity contribution in [1.29, 1.82) is 0 Å². The van der Waals surface area contributed by atoms with E-state index >= 15 is 0 Å². The summed E-state index contributed by atoms with van der Waals surface area (Å²) in [6, 6.07) is 2.12. The van der Waals surface area contributed by atoms with Crippen molar-refractivity contribution in [2.75, 3.05) is 18.0 Å². The quantitative estimate of drug-likeness (QED) is 0.286. The number of anilines is 1. The molecule has 1 unspecified atom stereocenters. The Labute approximate surface area is 206 Å². The Morgan fingerprint density at radius 2 is 1.74 bits per heavy atom. The molecule has 1 aromatic heterocycles. The van der Waals surface area contributed by atoms with Crippen LogP contribution in [0.15, 0.2) is 18.3 Å². The van der Waals surface area contributed by atoms with Gasteiger partial charge in [-0.25, -0.2) is 9.97 Å². The lowest BCUT2D eigenvalue weighted by atomic mass is 9.79. The van der Waals surface area contributed by atoms with Gasteiger partial charge in [0.25, 0.3) is 0 Å². The van der Waals surface area contributed by atoms with E-state index in [9.17, 15) is 31.1 Å². The number of hydrogen-bond acceptors (Lipinski definition) is 4. The zero-order valence-corrected chi connectivity index (χ0v) is 19.9. The van der Waals surface area contributed by atoms with Crippen molar-refractivity contribution in [3.8, 4) is 0 Å². The maximum Gasteiger partial charge on any atom is 0.433 e. The summed E-state index contributed by atoms with van der Waals surface area (Å²) in [6.45, 7) is 0.589. The first-order chi connectivity index (χ1) is 15.7. The van der Waals surface area contributed by atoms with Gasteiger partial charge in [0.15, 0.2) is 5.69 Å². The topological polar surface area (TPSA) is 46.1 Å². The lowest BCUT2D eigenvalue weighted by Gasteiger charge is -2.32. The molecule has 0 radical (unpaired) electrons. The number of rotatable bonds is 6. The molecule has 4 nitrogen and oxygen atoms in total. The van der Waals surface area contributed by atoms with Gasteiger partial charge in [-0.3, -0.25) is 4.79 Å². The van der Waals surface area contributed by atoms with Gasteiger partial charge in [0.2, 0.25) is 5.95 Å². The van der Waals surface area contributed by atoms with Gasteiger partial charge in [0.1, 0.15) is 11.2 Å². The van der Waals surface area contributed by atoms with Crippen molar-refractivity contribution in [2.24, 2.45) is 0 Å². The van der Waals surface area contributed by atoms with E-state index in [1.807, 2.05) is 0 Å². The second-order valence-corrected chi connectivity index (χ2v) is 9.13. The molecule has 0 aliphatic carbocycles. The van der Waals surface area contributed by atoms with Crippen LogP contribution in [0.1, 0.15) is 43.0 Å². The molecule has 0 amide bonds. The monoisotopic (exact) mass is 547 g/mol. The van der Waals surface area contributed by atoms with Gasteiger partial charge in [-0.2, -0.15) is 26.3 Å². The number of Topliss-reactive ketones (excluding diaryl/α,β-unsaturated/α-hetero) is 1. The molecule has 0 N–H and O–H groups in total. The molecule has 1 saturated heterocycles. The predicted molar refractivity (Wildman–Crippen MR) is 117 cm³/mol. The lowest BCUT2D eigenvalue weighted by molar-refractivity contribution is -0.184. The van der Waals surface area contributed by atoms with Crippen LogP contribution in [0, 0.1) is 0 Å². The molecular formula is C21H18Cl3F6N3O. The number of hydrogen-bond donors (Lipinski definition) is 0. The normalized spacial score (nSPS) is 19.1. The van der Waals surface area contributed by atoms with Crippen LogP contribution in [-0.4, -0.2) is 35.0 Å². The third-order valence-corrected chi connectivity index (χ3v) is 7.02. The summed E-state index contributed by atoms with van der Waals surface area (Å²) in [5.74, 6) is -0.720. The molecule has 2 heterocycles. The molecule has 0 bridgehead atoms. The fourth-order valence-electron chi connectivity index (χ4n) is 3.87. The number of aromatic nitrogens is 2. The van der Waals surface area contributed by atoms with Crippen LogP contribution in [0.4, 0.5) is 32.3 Å². The van der Waals surface area contributed by atoms with Crippen molar-refractivity contribution in [3.63, 3.8) is 0 Å². The van der Waals surface area contributed by atoms with Crippen LogP contribution in [0.3, 0.4) is 0 Å². The minimum absolute atomic E-state index is 0.102. The number of benzene rings is 1. The first-order valence-corrected chi connectivity index (χ1v) is 11.2. The first-order valence-electron chi connectivity index (χ1n) is 10.1. The highest BCUT2D eigenvalue weighted by atomic mass is 35.5. The van der Waals surface area contributed by atoms with Crippen LogP contribution in [-0.2, 0) is 22.8 Å². The van der Waals surface area contributed by atoms with Crippen LogP contribution in [0.2, 0.25) is 15.1 Å². The molecule has 0 spiro atoms. The lowest BCUT2D eigenvalue weighted by Crippen LogP contribution is -2.45. The van der Waals surface area contributed by atoms with Gasteiger partial charge in [-0.05, 0) is 30.5 Å². The molecule has 186 valence electrons. The molecule has 1 atom stereocenters. The average Bonchev–Trinajstić information content (AvgIpc) is 3.21. The fourth-order valence-corrected chi connectivity index (χ4v) is 4.47. The van der Waals surface area contributed by atoms with E-state index in [0.29, 0.717) is 0 Å². The number of carbonyl (C=O) groups excluding carboxylic acids is 1. The van der Waals surface area contributed by atoms with E-state index < -0.39 is 42.4 Å². The van der Waals surface area contributed by atoms with Gasteiger partial charge in [0.05, 0.1) is 15.1 Å². The van der Waals surface area contributed by atoms with E-state index in [-0.39, 0.29) is 57.8 Å². The fraction of sp³-hybridized carbons (Fsp3) is 0.476. The van der Waals surface area contributed by atoms with Crippen LogP contribution < -0.4 is 4.90 Å². The number of alkyl halides is 6. The third-order valence-electron chi connectivity index (χ3n) is 5.82. The molecule has 1 aliphatic rings. The second kappa shape index (κ2) is 9.70. The van der Waals surface area contributed by atoms with Gasteiger partial charge in [-0.1, -0.05) is 41.7 Å². The smallest absolute Gasteiger partial charge is 0.340 e. The summed E-state index contributed by atoms with van der Waals surface area (Å²) in [5, 5.41) is -0.449. The Morgan fingerprint density at radius 3 is 2.26 bits per heavy atom. The highest BCUT2D eigenvalue weighted by molar-refractivity contribution is 6.48. The Morgan fingerprint density at radius 1 is 1.12 bits per heavy atom. The minimum atomic E-state index is -4.87. The van der Waals surface area contributed by atoms with E-state index in [2.05, 4.69) is 9.97 Å². The van der Waals surface area contributed by atoms with Crippen LogP contribution in [0.5, 0.6) is 0 Å². The Bertz CT molecular complexity index is 1070. The average molecular weight is 549 g/mol. The second-order valence-electron chi connectivity index (χ2n) is 7.94. The Balaban J connectivity index is 1.99. The van der Waals surface area contributed by atoms with Gasteiger partial charge in [-0.15, -0.1) is 0 Å². The predicted octanol–water partition coefficient (Wildman–Crippen LogP) is 7.08. The summed E-state index contributed by atoms with van der Waals surface area (Å²) in [6.07, 6.45) is -9.40. The standard InChI is InChI=1S/C21H18Cl3F6N3O/c1-2-13(34)4-3-11-9-31-18(32-17(11)20(25,26)27)33-6-5-19(10-33,21(28,29)30)12-7-14(22)16(24)15(23)8-12/h7-9H,2-6,10H2,1H3. The Hall–Kier alpha value is -1.78. The number of carbonyl (C=O) groups is 1. The molecular weight excluding hydrogens is 531 g/mol. The Kier molecular flexibility index (Phi) is 7.65. The third kappa shape index (κ3) is 5.23. The summed E-state index contributed by atoms with van der Waals surface area (Å²) >= 11 is 17.8. The minimum Gasteiger partial charge on any atom is -0.340 e. The number of ketones is 1. The SMILES string of the molecule is CCC(=O)CCc1cnc(N2CCC(c3cc(Cl)c(Cl)c(Cl)c3)(C(F)(F)F)C2)nc1C(F)(F)F. The highest BCUT2D eigenvalue weighted by Gasteiger charge is 2.59. The van der Waals surface area contributed by atoms with Crippen molar-refractivity contribution < 1.29 is 31.1 Å². The zero-order chi connectivity index (χ0) is 25.5. The molecule has 2 aromatic rings. The largest absolute Gasteiger partial charge is 0.433 e. The van der Waals surface area contributed by atoms with Crippen molar-refractivity contribution >= 4 is 46.5 Å². The van der Waals surface area contributed by atoms with E-state index in [1.54, 1.807) is 6.92 Å². The summed E-state index contributed by atoms with van der Waals surface area (Å²) in [4.78, 5) is 20.0. The zero-order valence-electron chi connectivity index (χ0n) is 17.6. The van der Waals surface area contributed by atoms with E-state index in [0.717, 1.165) is 23.2 Å². The van der Waals surface area contributed by atoms with Gasteiger partial charge >= 0.3 is 12.4 Å². The maximum atomic E-state index is 14.3. The molecule has 1 aromatic carbocycles. The first kappa shape index (κ1) is 26.8. The van der Waals surface area contributed by atoms with Crippen LogP contribution in [0.25, 0.3) is 0 Å². The van der Waals surface area contributed by atoms with Crippen molar-refractivity contribution in [1.82, 2.24) is 9.97 Å².